The molecule has 0 unspecified atom stereocenters. The van der Waals surface area contributed by atoms with Crippen LogP contribution in [0.1, 0.15) is 25.0 Å². The highest BCUT2D eigenvalue weighted by atomic mass is 15.0. The average Bonchev–Trinajstić information content (AvgIpc) is 3.72. The molecule has 0 amide bonds. The quantitative estimate of drug-likeness (QED) is 0.191. The lowest BCUT2D eigenvalue weighted by atomic mass is 9.80. The minimum atomic E-state index is -0.186. The van der Waals surface area contributed by atoms with Crippen molar-refractivity contribution in [1.29, 1.82) is 0 Å². The molecule has 9 aromatic rings. The van der Waals surface area contributed by atoms with Gasteiger partial charge in [0.25, 0.3) is 0 Å². The van der Waals surface area contributed by atoms with Gasteiger partial charge in [-0.15, -0.1) is 0 Å². The molecule has 0 saturated heterocycles. The molecule has 0 saturated carbocycles. The fourth-order valence-electron chi connectivity index (χ4n) is 8.38. The zero-order chi connectivity index (χ0) is 31.3. The standard InChI is InChI=1S/C45H32N2/c1-45(2)39-28-30(29-22-26-42-38(27-29)35-18-10-11-19-40(35)46(42)31-13-5-3-6-14-31)21-23-33(39)36-24-25-37-34-17-9-12-20-41(34)47(44(37)43(36)45)32-15-7-4-8-16-32/h3-28H,1-2H3. The number of fused-ring (bicyclic) bond motifs is 10. The highest BCUT2D eigenvalue weighted by molar-refractivity contribution is 6.13. The van der Waals surface area contributed by atoms with Crippen LogP contribution in [0.4, 0.5) is 0 Å². The van der Waals surface area contributed by atoms with Gasteiger partial charge in [-0.3, -0.25) is 0 Å². The van der Waals surface area contributed by atoms with E-state index in [1.54, 1.807) is 0 Å². The zero-order valence-electron chi connectivity index (χ0n) is 26.4. The lowest BCUT2D eigenvalue weighted by Crippen LogP contribution is -2.16. The highest BCUT2D eigenvalue weighted by Gasteiger charge is 2.39. The summed E-state index contributed by atoms with van der Waals surface area (Å²) in [7, 11) is 0. The molecule has 0 N–H and O–H groups in total. The summed E-state index contributed by atoms with van der Waals surface area (Å²) in [6.07, 6.45) is 0. The summed E-state index contributed by atoms with van der Waals surface area (Å²) in [5.74, 6) is 0. The van der Waals surface area contributed by atoms with Crippen molar-refractivity contribution in [2.75, 3.05) is 0 Å². The molecule has 0 fully saturated rings. The van der Waals surface area contributed by atoms with E-state index in [0.717, 1.165) is 0 Å². The number of para-hydroxylation sites is 4. The summed E-state index contributed by atoms with van der Waals surface area (Å²) >= 11 is 0. The Hall–Kier alpha value is -5.86. The lowest BCUT2D eigenvalue weighted by Gasteiger charge is -2.24. The average molecular weight is 601 g/mol. The lowest BCUT2D eigenvalue weighted by molar-refractivity contribution is 0.664. The monoisotopic (exact) mass is 600 g/mol. The Kier molecular flexibility index (Phi) is 5.37. The molecule has 2 nitrogen and oxygen atoms in total. The number of hydrogen-bond acceptors (Lipinski definition) is 0. The van der Waals surface area contributed by atoms with Crippen molar-refractivity contribution in [1.82, 2.24) is 9.13 Å². The summed E-state index contributed by atoms with van der Waals surface area (Å²) in [5, 5.41) is 5.16. The van der Waals surface area contributed by atoms with Crippen molar-refractivity contribution < 1.29 is 0 Å². The molecule has 1 aliphatic carbocycles. The van der Waals surface area contributed by atoms with Crippen LogP contribution in [0.5, 0.6) is 0 Å². The predicted octanol–water partition coefficient (Wildman–Crippen LogP) is 11.9. The van der Waals surface area contributed by atoms with Crippen molar-refractivity contribution in [2.24, 2.45) is 0 Å². The molecule has 1 aliphatic rings. The van der Waals surface area contributed by atoms with Gasteiger partial charge in [0.1, 0.15) is 0 Å². The Morgan fingerprint density at radius 3 is 1.66 bits per heavy atom. The number of aromatic nitrogens is 2. The minimum absolute atomic E-state index is 0.186. The van der Waals surface area contributed by atoms with E-state index in [2.05, 4.69) is 181 Å². The van der Waals surface area contributed by atoms with Crippen LogP contribution >= 0.6 is 0 Å². The molecular weight excluding hydrogens is 569 g/mol. The molecule has 2 aromatic heterocycles. The van der Waals surface area contributed by atoms with E-state index in [0.29, 0.717) is 0 Å². The van der Waals surface area contributed by atoms with Crippen LogP contribution < -0.4 is 0 Å². The van der Waals surface area contributed by atoms with E-state index in [9.17, 15) is 0 Å². The molecule has 0 spiro atoms. The van der Waals surface area contributed by atoms with Gasteiger partial charge in [0, 0.05) is 38.3 Å². The first-order valence-corrected chi connectivity index (χ1v) is 16.5. The SMILES string of the molecule is CC1(C)c2cc(-c3ccc4c(c3)c3ccccc3n4-c3ccccc3)ccc2-c2ccc3c4ccccc4n(-c4ccccc4)c3c21. The van der Waals surface area contributed by atoms with Crippen molar-refractivity contribution in [3.63, 3.8) is 0 Å². The van der Waals surface area contributed by atoms with Gasteiger partial charge in [-0.05, 0) is 88.0 Å². The van der Waals surface area contributed by atoms with Crippen LogP contribution in [0.2, 0.25) is 0 Å². The molecule has 2 heterocycles. The van der Waals surface area contributed by atoms with Gasteiger partial charge in [0.05, 0.1) is 22.1 Å². The molecule has 222 valence electrons. The number of hydrogen-bond donors (Lipinski definition) is 0. The van der Waals surface area contributed by atoms with Gasteiger partial charge in [-0.1, -0.05) is 117 Å². The molecule has 0 radical (unpaired) electrons. The Bertz CT molecular complexity index is 2690. The van der Waals surface area contributed by atoms with Crippen LogP contribution in [0, 0.1) is 0 Å². The van der Waals surface area contributed by atoms with Crippen LogP contribution in [0.15, 0.2) is 158 Å². The molecule has 2 heteroatoms. The molecule has 0 atom stereocenters. The second kappa shape index (κ2) is 9.57. The smallest absolute Gasteiger partial charge is 0.0588 e. The number of rotatable bonds is 3. The third kappa shape index (κ3) is 3.61. The molecular formula is C45H32N2. The molecule has 10 rings (SSSR count). The van der Waals surface area contributed by atoms with Crippen LogP contribution in [-0.4, -0.2) is 9.13 Å². The summed E-state index contributed by atoms with van der Waals surface area (Å²) in [6.45, 7) is 4.81. The van der Waals surface area contributed by atoms with E-state index >= 15 is 0 Å². The Morgan fingerprint density at radius 1 is 0.404 bits per heavy atom. The fraction of sp³-hybridized carbons (Fsp3) is 0.0667. The maximum Gasteiger partial charge on any atom is 0.0588 e. The van der Waals surface area contributed by atoms with E-state index in [1.165, 1.54) is 88.4 Å². The third-order valence-electron chi connectivity index (χ3n) is 10.5. The van der Waals surface area contributed by atoms with E-state index < -0.39 is 0 Å². The Morgan fingerprint density at radius 2 is 0.936 bits per heavy atom. The Balaban J connectivity index is 1.18. The largest absolute Gasteiger partial charge is 0.309 e. The van der Waals surface area contributed by atoms with Crippen LogP contribution in [-0.2, 0) is 5.41 Å². The Labute approximate surface area is 273 Å². The molecule has 0 aliphatic heterocycles. The summed E-state index contributed by atoms with van der Waals surface area (Å²) in [4.78, 5) is 0. The number of nitrogens with zero attached hydrogens (tertiary/aromatic N) is 2. The molecule has 7 aromatic carbocycles. The van der Waals surface area contributed by atoms with Gasteiger partial charge < -0.3 is 9.13 Å². The van der Waals surface area contributed by atoms with Crippen molar-refractivity contribution in [2.45, 2.75) is 19.3 Å². The first-order chi connectivity index (χ1) is 23.1. The number of benzene rings is 7. The first kappa shape index (κ1) is 26.4. The third-order valence-corrected chi connectivity index (χ3v) is 10.5. The van der Waals surface area contributed by atoms with Crippen LogP contribution in [0.25, 0.3) is 77.2 Å². The van der Waals surface area contributed by atoms with Gasteiger partial charge in [0.2, 0.25) is 0 Å². The topological polar surface area (TPSA) is 9.86 Å². The van der Waals surface area contributed by atoms with Gasteiger partial charge >= 0.3 is 0 Å². The summed E-state index contributed by atoms with van der Waals surface area (Å²) in [6, 6.07) is 57.9. The minimum Gasteiger partial charge on any atom is -0.309 e. The van der Waals surface area contributed by atoms with Gasteiger partial charge in [-0.2, -0.15) is 0 Å². The predicted molar refractivity (Wildman–Crippen MR) is 198 cm³/mol. The highest BCUT2D eigenvalue weighted by Crippen LogP contribution is 2.53. The van der Waals surface area contributed by atoms with Gasteiger partial charge in [-0.25, -0.2) is 0 Å². The maximum absolute atomic E-state index is 2.48. The molecule has 0 bridgehead atoms. The van der Waals surface area contributed by atoms with Crippen molar-refractivity contribution in [3.05, 3.63) is 169 Å². The first-order valence-electron chi connectivity index (χ1n) is 16.5. The second-order valence-electron chi connectivity index (χ2n) is 13.4. The van der Waals surface area contributed by atoms with Crippen molar-refractivity contribution in [3.8, 4) is 33.6 Å². The summed E-state index contributed by atoms with van der Waals surface area (Å²) < 4.78 is 4.86. The normalized spacial score (nSPS) is 13.5. The van der Waals surface area contributed by atoms with E-state index in [1.807, 2.05) is 0 Å². The maximum atomic E-state index is 2.48. The molecule has 47 heavy (non-hydrogen) atoms. The van der Waals surface area contributed by atoms with E-state index in [4.69, 9.17) is 0 Å². The second-order valence-corrected chi connectivity index (χ2v) is 13.4. The van der Waals surface area contributed by atoms with Crippen molar-refractivity contribution >= 4 is 43.6 Å². The fourth-order valence-corrected chi connectivity index (χ4v) is 8.38. The zero-order valence-corrected chi connectivity index (χ0v) is 26.4. The summed E-state index contributed by atoms with van der Waals surface area (Å²) in [5.41, 5.74) is 15.2. The van der Waals surface area contributed by atoms with Crippen LogP contribution in [0.3, 0.4) is 0 Å². The van der Waals surface area contributed by atoms with Gasteiger partial charge in [0.15, 0.2) is 0 Å². The van der Waals surface area contributed by atoms with E-state index in [-0.39, 0.29) is 5.41 Å².